The number of esters is 1. The van der Waals surface area contributed by atoms with Gasteiger partial charge < -0.3 is 13.6 Å². The van der Waals surface area contributed by atoms with E-state index in [2.05, 4.69) is 13.5 Å². The summed E-state index contributed by atoms with van der Waals surface area (Å²) in [6.45, 7) is 7.57. The first-order chi connectivity index (χ1) is 12.5. The zero-order valence-corrected chi connectivity index (χ0v) is 18.7. The average Bonchev–Trinajstić information content (AvgIpc) is 2.65. The van der Waals surface area contributed by atoms with Crippen molar-refractivity contribution in [1.29, 1.82) is 0 Å². The van der Waals surface area contributed by atoms with Gasteiger partial charge in [0.25, 0.3) is 0 Å². The van der Waals surface area contributed by atoms with E-state index in [1.807, 2.05) is 21.1 Å². The van der Waals surface area contributed by atoms with Crippen LogP contribution in [-0.4, -0.2) is 34.9 Å². The summed E-state index contributed by atoms with van der Waals surface area (Å²) in [5, 5.41) is 0. The molecule has 0 aromatic carbocycles. The monoisotopic (exact) mass is 386 g/mol. The Kier molecular flexibility index (Phi) is 16.1. The van der Waals surface area contributed by atoms with Crippen molar-refractivity contribution in [1.82, 2.24) is 0 Å². The van der Waals surface area contributed by atoms with Crippen LogP contribution < -0.4 is 0 Å². The van der Waals surface area contributed by atoms with Crippen molar-refractivity contribution in [3.8, 4) is 0 Å². The summed E-state index contributed by atoms with van der Waals surface area (Å²) < 4.78 is 16.6. The first-order valence-electron chi connectivity index (χ1n) is 10.5. The Morgan fingerprint density at radius 2 is 1.42 bits per heavy atom. The minimum Gasteiger partial charge on any atom is -0.460 e. The first-order valence-corrected chi connectivity index (χ1v) is 12.7. The average molecular weight is 387 g/mol. The highest BCUT2D eigenvalue weighted by atomic mass is 28.4. The quantitative estimate of drug-likeness (QED) is 0.123. The van der Waals surface area contributed by atoms with E-state index in [1.165, 1.54) is 57.4 Å². The molecule has 0 fully saturated rings. The van der Waals surface area contributed by atoms with Gasteiger partial charge in [0.1, 0.15) is 0 Å². The molecule has 0 amide bonds. The second kappa shape index (κ2) is 16.5. The van der Waals surface area contributed by atoms with Crippen LogP contribution in [0.25, 0.3) is 0 Å². The summed E-state index contributed by atoms with van der Waals surface area (Å²) in [6, 6.07) is 2.23. The van der Waals surface area contributed by atoms with Crippen LogP contribution in [0.1, 0.15) is 84.5 Å². The van der Waals surface area contributed by atoms with Crippen molar-refractivity contribution in [3.63, 3.8) is 0 Å². The van der Waals surface area contributed by atoms with Gasteiger partial charge in [-0.1, -0.05) is 71.3 Å². The highest BCUT2D eigenvalue weighted by molar-refractivity contribution is 6.67. The number of hydrogen-bond acceptors (Lipinski definition) is 4. The number of unbranched alkanes of at least 4 members (excludes halogenated alkanes) is 8. The van der Waals surface area contributed by atoms with E-state index in [0.29, 0.717) is 0 Å². The third-order valence-electron chi connectivity index (χ3n) is 5.03. The Morgan fingerprint density at radius 3 is 1.88 bits per heavy atom. The predicted molar refractivity (Wildman–Crippen MR) is 112 cm³/mol. The summed E-state index contributed by atoms with van der Waals surface area (Å²) in [7, 11) is 1.74. The molecule has 0 N–H and O–H groups in total. The largest absolute Gasteiger partial charge is 0.460 e. The molecule has 154 valence electrons. The molecule has 1 unspecified atom stereocenters. The fourth-order valence-electron chi connectivity index (χ4n) is 3.37. The Bertz CT molecular complexity index is 356. The minimum absolute atomic E-state index is 0.00285. The lowest BCUT2D eigenvalue weighted by Crippen LogP contribution is -2.39. The SMILES string of the molecule is C=CC(=O)OC(C)CCCCCCCCCCC[Si](CCC)(OC)OC. The maximum absolute atomic E-state index is 11.1. The molecule has 0 saturated heterocycles. The normalized spacial score (nSPS) is 12.8. The molecule has 0 radical (unpaired) electrons. The molecule has 0 aromatic heterocycles. The van der Waals surface area contributed by atoms with Gasteiger partial charge in [-0.15, -0.1) is 0 Å². The van der Waals surface area contributed by atoms with Crippen molar-refractivity contribution < 1.29 is 18.4 Å². The van der Waals surface area contributed by atoms with Gasteiger partial charge in [0.15, 0.2) is 0 Å². The number of hydrogen-bond donors (Lipinski definition) is 0. The molecule has 1 atom stereocenters. The van der Waals surface area contributed by atoms with Crippen LogP contribution in [0.3, 0.4) is 0 Å². The predicted octanol–water partition coefficient (Wildman–Crippen LogP) is 6.15. The second-order valence-corrected chi connectivity index (χ2v) is 10.9. The smallest absolute Gasteiger partial charge is 0.337 e. The van der Waals surface area contributed by atoms with Crippen molar-refractivity contribution in [2.24, 2.45) is 0 Å². The maximum atomic E-state index is 11.1. The molecule has 0 aliphatic rings. The Hall–Kier alpha value is -0.653. The van der Waals surface area contributed by atoms with Gasteiger partial charge in [-0.05, 0) is 31.9 Å². The number of rotatable bonds is 18. The summed E-state index contributed by atoms with van der Waals surface area (Å²) in [5.74, 6) is -0.317. The number of ether oxygens (including phenoxy) is 1. The van der Waals surface area contributed by atoms with Crippen LogP contribution in [0, 0.1) is 0 Å². The molecule has 26 heavy (non-hydrogen) atoms. The van der Waals surface area contributed by atoms with Crippen molar-refractivity contribution >= 4 is 14.5 Å². The molecule has 4 nitrogen and oxygen atoms in total. The first kappa shape index (κ1) is 25.3. The molecule has 0 rings (SSSR count). The Morgan fingerprint density at radius 1 is 0.923 bits per heavy atom. The molecule has 0 spiro atoms. The lowest BCUT2D eigenvalue weighted by atomic mass is 10.1. The molecule has 0 bridgehead atoms. The zero-order valence-electron chi connectivity index (χ0n) is 17.7. The third-order valence-corrected chi connectivity index (χ3v) is 8.89. The van der Waals surface area contributed by atoms with Crippen LogP contribution in [-0.2, 0) is 18.4 Å². The van der Waals surface area contributed by atoms with Crippen molar-refractivity contribution in [3.05, 3.63) is 12.7 Å². The summed E-state index contributed by atoms with van der Waals surface area (Å²) in [5.41, 5.74) is 0. The number of carbonyl (C=O) groups excluding carboxylic acids is 1. The fraction of sp³-hybridized carbons (Fsp3) is 0.857. The van der Waals surface area contributed by atoms with Crippen LogP contribution in [0.5, 0.6) is 0 Å². The van der Waals surface area contributed by atoms with E-state index >= 15 is 0 Å². The van der Waals surface area contributed by atoms with Crippen LogP contribution in [0.15, 0.2) is 12.7 Å². The van der Waals surface area contributed by atoms with Gasteiger partial charge in [0, 0.05) is 20.3 Å². The second-order valence-electron chi connectivity index (χ2n) is 7.24. The lowest BCUT2D eigenvalue weighted by Gasteiger charge is -2.27. The third kappa shape index (κ3) is 12.7. The van der Waals surface area contributed by atoms with Crippen molar-refractivity contribution in [2.45, 2.75) is 103 Å². The highest BCUT2D eigenvalue weighted by Gasteiger charge is 2.33. The van der Waals surface area contributed by atoms with Gasteiger partial charge in [-0.2, -0.15) is 0 Å². The van der Waals surface area contributed by atoms with Gasteiger partial charge in [-0.3, -0.25) is 0 Å². The van der Waals surface area contributed by atoms with E-state index in [-0.39, 0.29) is 12.1 Å². The van der Waals surface area contributed by atoms with Gasteiger partial charge >= 0.3 is 14.5 Å². The summed E-state index contributed by atoms with van der Waals surface area (Å²) in [4.78, 5) is 11.1. The van der Waals surface area contributed by atoms with Gasteiger partial charge in [0.2, 0.25) is 0 Å². The molecule has 0 saturated carbocycles. The Balaban J connectivity index is 3.48. The lowest BCUT2D eigenvalue weighted by molar-refractivity contribution is -0.142. The molecule has 0 heterocycles. The minimum atomic E-state index is -1.89. The molecule has 0 aliphatic carbocycles. The molecular formula is C21H42O4Si. The highest BCUT2D eigenvalue weighted by Crippen LogP contribution is 2.23. The summed E-state index contributed by atoms with van der Waals surface area (Å²) >= 11 is 0. The fourth-order valence-corrected chi connectivity index (χ4v) is 6.15. The standard InChI is InChI=1S/C21H42O4Si/c1-6-18-26(23-4,24-5)19-16-14-12-10-8-9-11-13-15-17-20(3)25-21(22)7-2/h7,20H,2,6,8-19H2,1,3-5H3. The van der Waals surface area contributed by atoms with E-state index in [9.17, 15) is 4.79 Å². The van der Waals surface area contributed by atoms with Crippen LogP contribution >= 0.6 is 0 Å². The molecule has 5 heteroatoms. The van der Waals surface area contributed by atoms with E-state index < -0.39 is 8.56 Å². The number of carbonyl (C=O) groups is 1. The van der Waals surface area contributed by atoms with E-state index in [0.717, 1.165) is 31.4 Å². The van der Waals surface area contributed by atoms with E-state index in [1.54, 1.807) is 0 Å². The summed E-state index contributed by atoms with van der Waals surface area (Å²) in [6.07, 6.45) is 14.8. The molecule has 0 aromatic rings. The van der Waals surface area contributed by atoms with E-state index in [4.69, 9.17) is 13.6 Å². The van der Waals surface area contributed by atoms with Crippen LogP contribution in [0.2, 0.25) is 12.1 Å². The molecular weight excluding hydrogens is 344 g/mol. The topological polar surface area (TPSA) is 44.8 Å². The van der Waals surface area contributed by atoms with Crippen LogP contribution in [0.4, 0.5) is 0 Å². The van der Waals surface area contributed by atoms with Crippen molar-refractivity contribution in [2.75, 3.05) is 14.2 Å². The van der Waals surface area contributed by atoms with Gasteiger partial charge in [-0.25, -0.2) is 4.79 Å². The zero-order chi connectivity index (χ0) is 19.7. The van der Waals surface area contributed by atoms with Gasteiger partial charge in [0.05, 0.1) is 6.10 Å². The molecule has 0 aliphatic heterocycles. The maximum Gasteiger partial charge on any atom is 0.337 e. The Labute approximate surface area is 162 Å².